The minimum Gasteiger partial charge on any atom is -0.328 e. The van der Waals surface area contributed by atoms with Gasteiger partial charge in [0.25, 0.3) is 0 Å². The summed E-state index contributed by atoms with van der Waals surface area (Å²) in [7, 11) is 0. The molecule has 0 heterocycles. The minimum atomic E-state index is -0.178. The van der Waals surface area contributed by atoms with Crippen LogP contribution in [0, 0.1) is 5.82 Å². The second-order valence-electron chi connectivity index (χ2n) is 4.22. The molecule has 0 radical (unpaired) electrons. The highest BCUT2D eigenvalue weighted by Crippen LogP contribution is 2.17. The lowest BCUT2D eigenvalue weighted by Gasteiger charge is -2.09. The van der Waals surface area contributed by atoms with Crippen molar-refractivity contribution in [2.24, 2.45) is 5.73 Å². The van der Waals surface area contributed by atoms with E-state index in [1.54, 1.807) is 6.07 Å². The normalized spacial score (nSPS) is 12.8. The number of benzene rings is 1. The van der Waals surface area contributed by atoms with Crippen molar-refractivity contribution in [3.8, 4) is 0 Å². The van der Waals surface area contributed by atoms with Crippen LogP contribution in [0.4, 0.5) is 4.39 Å². The molecule has 1 rings (SSSR count). The second kappa shape index (κ2) is 7.02. The lowest BCUT2D eigenvalue weighted by atomic mass is 10.0. The summed E-state index contributed by atoms with van der Waals surface area (Å²) in [5, 5.41) is 0. The molecular formula is C13H19BrFN. The van der Waals surface area contributed by atoms with Gasteiger partial charge >= 0.3 is 0 Å². The third-order valence-electron chi connectivity index (χ3n) is 2.62. The fraction of sp³-hybridized carbons (Fsp3) is 0.538. The highest BCUT2D eigenvalue weighted by atomic mass is 79.9. The molecule has 0 saturated carbocycles. The Bertz CT molecular complexity index is 307. The first-order valence-corrected chi connectivity index (χ1v) is 6.61. The zero-order chi connectivity index (χ0) is 12.0. The van der Waals surface area contributed by atoms with Gasteiger partial charge in [0, 0.05) is 10.5 Å². The predicted octanol–water partition coefficient (Wildman–Crippen LogP) is 4.04. The van der Waals surface area contributed by atoms with E-state index >= 15 is 0 Å². The smallest absolute Gasteiger partial charge is 0.124 e. The van der Waals surface area contributed by atoms with Crippen LogP contribution in [0.1, 0.15) is 38.2 Å². The highest BCUT2D eigenvalue weighted by Gasteiger charge is 2.03. The zero-order valence-electron chi connectivity index (χ0n) is 9.68. The van der Waals surface area contributed by atoms with Crippen molar-refractivity contribution < 1.29 is 4.39 Å². The predicted molar refractivity (Wildman–Crippen MR) is 69.9 cm³/mol. The first-order chi connectivity index (χ1) is 7.61. The lowest BCUT2D eigenvalue weighted by Crippen LogP contribution is -2.19. The molecule has 0 bridgehead atoms. The monoisotopic (exact) mass is 287 g/mol. The molecule has 0 aromatic heterocycles. The van der Waals surface area contributed by atoms with E-state index in [1.807, 2.05) is 6.07 Å². The molecule has 90 valence electrons. The average Bonchev–Trinajstić information content (AvgIpc) is 2.16. The topological polar surface area (TPSA) is 26.0 Å². The number of hydrogen-bond donors (Lipinski definition) is 1. The van der Waals surface area contributed by atoms with E-state index in [0.29, 0.717) is 6.04 Å². The van der Waals surface area contributed by atoms with E-state index in [9.17, 15) is 4.39 Å². The van der Waals surface area contributed by atoms with Gasteiger partial charge in [-0.2, -0.15) is 0 Å². The molecule has 0 aliphatic carbocycles. The molecular weight excluding hydrogens is 269 g/mol. The Labute approximate surface area is 105 Å². The fourth-order valence-corrected chi connectivity index (χ4v) is 2.35. The second-order valence-corrected chi connectivity index (χ2v) is 5.13. The first kappa shape index (κ1) is 13.7. The standard InChI is InChI=1S/C13H19BrFN/c1-2-4-13(16)6-3-5-10-7-11(14)9-12(15)8-10/h7-9,13H,2-6,16H2,1H3. The molecule has 16 heavy (non-hydrogen) atoms. The molecule has 0 amide bonds. The van der Waals surface area contributed by atoms with Crippen molar-refractivity contribution in [1.29, 1.82) is 0 Å². The molecule has 3 heteroatoms. The third kappa shape index (κ3) is 5.08. The molecule has 2 N–H and O–H groups in total. The molecule has 0 aliphatic heterocycles. The van der Waals surface area contributed by atoms with E-state index in [0.717, 1.165) is 42.1 Å². The Hall–Kier alpha value is -0.410. The van der Waals surface area contributed by atoms with Gasteiger partial charge < -0.3 is 5.73 Å². The maximum Gasteiger partial charge on any atom is 0.124 e. The molecule has 1 nitrogen and oxygen atoms in total. The number of aryl methyl sites for hydroxylation is 1. The van der Waals surface area contributed by atoms with Gasteiger partial charge in [0.2, 0.25) is 0 Å². The highest BCUT2D eigenvalue weighted by molar-refractivity contribution is 9.10. The average molecular weight is 288 g/mol. The van der Waals surface area contributed by atoms with Gasteiger partial charge in [-0.15, -0.1) is 0 Å². The van der Waals surface area contributed by atoms with Crippen LogP contribution in [0.5, 0.6) is 0 Å². The summed E-state index contributed by atoms with van der Waals surface area (Å²) in [6.07, 6.45) is 5.15. The Morgan fingerprint density at radius 3 is 2.69 bits per heavy atom. The van der Waals surface area contributed by atoms with Gasteiger partial charge in [0.1, 0.15) is 5.82 Å². The van der Waals surface area contributed by atoms with Gasteiger partial charge in [0.15, 0.2) is 0 Å². The number of halogens is 2. The van der Waals surface area contributed by atoms with Crippen LogP contribution < -0.4 is 5.73 Å². The maximum absolute atomic E-state index is 13.1. The summed E-state index contributed by atoms with van der Waals surface area (Å²) in [6, 6.07) is 5.33. The molecule has 0 saturated heterocycles. The Balaban J connectivity index is 2.37. The van der Waals surface area contributed by atoms with E-state index in [2.05, 4.69) is 22.9 Å². The van der Waals surface area contributed by atoms with Gasteiger partial charge in [0.05, 0.1) is 0 Å². The van der Waals surface area contributed by atoms with Crippen molar-refractivity contribution in [1.82, 2.24) is 0 Å². The quantitative estimate of drug-likeness (QED) is 0.840. The van der Waals surface area contributed by atoms with Crippen LogP contribution >= 0.6 is 15.9 Å². The van der Waals surface area contributed by atoms with Gasteiger partial charge in [-0.25, -0.2) is 4.39 Å². The number of rotatable bonds is 6. The summed E-state index contributed by atoms with van der Waals surface area (Å²) < 4.78 is 13.9. The SMILES string of the molecule is CCCC(N)CCCc1cc(F)cc(Br)c1. The van der Waals surface area contributed by atoms with Gasteiger partial charge in [-0.1, -0.05) is 29.3 Å². The number of hydrogen-bond acceptors (Lipinski definition) is 1. The van der Waals surface area contributed by atoms with E-state index in [1.165, 1.54) is 6.07 Å². The van der Waals surface area contributed by atoms with Crippen LogP contribution in [0.3, 0.4) is 0 Å². The Morgan fingerprint density at radius 2 is 2.06 bits per heavy atom. The van der Waals surface area contributed by atoms with Crippen LogP contribution in [-0.2, 0) is 6.42 Å². The zero-order valence-corrected chi connectivity index (χ0v) is 11.3. The fourth-order valence-electron chi connectivity index (χ4n) is 1.84. The molecule has 1 unspecified atom stereocenters. The molecule has 0 spiro atoms. The summed E-state index contributed by atoms with van der Waals surface area (Å²) in [5.74, 6) is -0.178. The summed E-state index contributed by atoms with van der Waals surface area (Å²) >= 11 is 3.29. The Morgan fingerprint density at radius 1 is 1.31 bits per heavy atom. The summed E-state index contributed by atoms with van der Waals surface area (Å²) in [5.41, 5.74) is 6.96. The van der Waals surface area contributed by atoms with Crippen molar-refractivity contribution in [2.45, 2.75) is 45.1 Å². The van der Waals surface area contributed by atoms with Crippen molar-refractivity contribution in [3.05, 3.63) is 34.1 Å². The number of nitrogens with two attached hydrogens (primary N) is 1. The minimum absolute atomic E-state index is 0.178. The van der Waals surface area contributed by atoms with Crippen LogP contribution in [0.15, 0.2) is 22.7 Å². The summed E-state index contributed by atoms with van der Waals surface area (Å²) in [4.78, 5) is 0. The van der Waals surface area contributed by atoms with Crippen LogP contribution in [0.25, 0.3) is 0 Å². The van der Waals surface area contributed by atoms with Crippen molar-refractivity contribution in [2.75, 3.05) is 0 Å². The molecule has 1 atom stereocenters. The summed E-state index contributed by atoms with van der Waals surface area (Å²) in [6.45, 7) is 2.14. The molecule has 1 aromatic rings. The van der Waals surface area contributed by atoms with Gasteiger partial charge in [-0.05, 0) is 49.4 Å². The maximum atomic E-state index is 13.1. The van der Waals surface area contributed by atoms with E-state index in [-0.39, 0.29) is 5.82 Å². The first-order valence-electron chi connectivity index (χ1n) is 5.82. The van der Waals surface area contributed by atoms with Crippen LogP contribution in [0.2, 0.25) is 0 Å². The largest absolute Gasteiger partial charge is 0.328 e. The van der Waals surface area contributed by atoms with Gasteiger partial charge in [-0.3, -0.25) is 0 Å². The molecule has 1 aromatic carbocycles. The third-order valence-corrected chi connectivity index (χ3v) is 3.08. The Kier molecular flexibility index (Phi) is 5.99. The van der Waals surface area contributed by atoms with E-state index in [4.69, 9.17) is 5.73 Å². The lowest BCUT2D eigenvalue weighted by molar-refractivity contribution is 0.538. The van der Waals surface area contributed by atoms with E-state index < -0.39 is 0 Å². The molecule has 0 aliphatic rings. The molecule has 0 fully saturated rings. The van der Waals surface area contributed by atoms with Crippen molar-refractivity contribution >= 4 is 15.9 Å². The van der Waals surface area contributed by atoms with Crippen LogP contribution in [-0.4, -0.2) is 6.04 Å². The van der Waals surface area contributed by atoms with Crippen molar-refractivity contribution in [3.63, 3.8) is 0 Å².